The van der Waals surface area contributed by atoms with E-state index < -0.39 is 0 Å². The first-order chi connectivity index (χ1) is 9.27. The summed E-state index contributed by atoms with van der Waals surface area (Å²) >= 11 is 11.9. The van der Waals surface area contributed by atoms with Gasteiger partial charge in [0, 0.05) is 11.1 Å². The van der Waals surface area contributed by atoms with Crippen LogP contribution in [0.3, 0.4) is 0 Å². The number of hydrogen-bond acceptors (Lipinski definition) is 3. The lowest BCUT2D eigenvalue weighted by atomic mass is 10.2. The zero-order valence-electron chi connectivity index (χ0n) is 12.2. The Labute approximate surface area is 130 Å². The lowest BCUT2D eigenvalue weighted by Gasteiger charge is -2.30. The van der Waals surface area contributed by atoms with Crippen LogP contribution in [-0.2, 0) is 4.79 Å². The average Bonchev–Trinajstić information content (AvgIpc) is 2.33. The van der Waals surface area contributed by atoms with Crippen molar-refractivity contribution >= 4 is 40.5 Å². The second-order valence-electron chi connectivity index (χ2n) is 4.94. The number of halogens is 2. The first-order valence-corrected chi connectivity index (χ1v) is 7.34. The third-order valence-corrected chi connectivity index (χ3v) is 3.76. The Morgan fingerprint density at radius 3 is 2.40 bits per heavy atom. The molecule has 20 heavy (non-hydrogen) atoms. The maximum absolute atomic E-state index is 12.3. The van der Waals surface area contributed by atoms with Crippen molar-refractivity contribution in [2.75, 3.05) is 17.6 Å². The summed E-state index contributed by atoms with van der Waals surface area (Å²) in [6.45, 7) is 8.77. The SMILES string of the molecule is CCN(C(C)C)C(C)C(=O)Nc1c(N)cc(Cl)cc1Cl. The molecule has 0 saturated carbocycles. The molecule has 0 aliphatic heterocycles. The molecule has 4 nitrogen and oxygen atoms in total. The molecule has 0 radical (unpaired) electrons. The molecule has 0 heterocycles. The van der Waals surface area contributed by atoms with E-state index in [1.165, 1.54) is 0 Å². The normalized spacial score (nSPS) is 12.8. The number of carbonyl (C=O) groups is 1. The molecule has 1 aromatic rings. The number of nitrogens with zero attached hydrogens (tertiary/aromatic N) is 1. The van der Waals surface area contributed by atoms with Crippen molar-refractivity contribution < 1.29 is 4.79 Å². The maximum atomic E-state index is 12.3. The lowest BCUT2D eigenvalue weighted by molar-refractivity contribution is -0.121. The highest BCUT2D eigenvalue weighted by molar-refractivity contribution is 6.37. The summed E-state index contributed by atoms with van der Waals surface area (Å²) < 4.78 is 0. The van der Waals surface area contributed by atoms with Gasteiger partial charge in [0.25, 0.3) is 0 Å². The minimum atomic E-state index is -0.272. The average molecular weight is 318 g/mol. The van der Waals surface area contributed by atoms with Crippen LogP contribution in [0.5, 0.6) is 0 Å². The summed E-state index contributed by atoms with van der Waals surface area (Å²) in [5, 5.41) is 3.56. The van der Waals surface area contributed by atoms with E-state index in [1.807, 2.05) is 13.8 Å². The van der Waals surface area contributed by atoms with Gasteiger partial charge < -0.3 is 11.1 Å². The zero-order chi connectivity index (χ0) is 15.4. The van der Waals surface area contributed by atoms with E-state index in [-0.39, 0.29) is 18.0 Å². The fourth-order valence-corrected chi connectivity index (χ4v) is 2.75. The molecule has 0 aliphatic carbocycles. The number of nitrogen functional groups attached to an aromatic ring is 1. The van der Waals surface area contributed by atoms with Gasteiger partial charge in [-0.15, -0.1) is 0 Å². The minimum Gasteiger partial charge on any atom is -0.397 e. The summed E-state index contributed by atoms with van der Waals surface area (Å²) in [7, 11) is 0. The molecular formula is C14H21Cl2N3O. The minimum absolute atomic E-state index is 0.142. The zero-order valence-corrected chi connectivity index (χ0v) is 13.7. The molecule has 0 aromatic heterocycles. The number of anilines is 2. The van der Waals surface area contributed by atoms with Gasteiger partial charge in [-0.3, -0.25) is 9.69 Å². The molecule has 3 N–H and O–H groups in total. The Morgan fingerprint density at radius 2 is 1.95 bits per heavy atom. The van der Waals surface area contributed by atoms with Crippen LogP contribution in [0.4, 0.5) is 11.4 Å². The van der Waals surface area contributed by atoms with E-state index in [2.05, 4.69) is 24.1 Å². The van der Waals surface area contributed by atoms with Crippen LogP contribution >= 0.6 is 23.2 Å². The molecule has 0 spiro atoms. The Kier molecular flexibility index (Phi) is 6.11. The number of benzene rings is 1. The van der Waals surface area contributed by atoms with Crippen LogP contribution in [0, 0.1) is 0 Å². The molecular weight excluding hydrogens is 297 g/mol. The lowest BCUT2D eigenvalue weighted by Crippen LogP contribution is -2.45. The molecule has 0 fully saturated rings. The molecule has 1 unspecified atom stereocenters. The van der Waals surface area contributed by atoms with Gasteiger partial charge in [0.2, 0.25) is 5.91 Å². The van der Waals surface area contributed by atoms with Crippen LogP contribution in [-0.4, -0.2) is 29.4 Å². The maximum Gasteiger partial charge on any atom is 0.241 e. The van der Waals surface area contributed by atoms with Crippen LogP contribution in [0.1, 0.15) is 27.7 Å². The molecule has 0 bridgehead atoms. The van der Waals surface area contributed by atoms with Gasteiger partial charge in [0.15, 0.2) is 0 Å². The number of amides is 1. The van der Waals surface area contributed by atoms with Gasteiger partial charge in [-0.1, -0.05) is 30.1 Å². The quantitative estimate of drug-likeness (QED) is 0.815. The second kappa shape index (κ2) is 7.16. The predicted octanol–water partition coefficient (Wildman–Crippen LogP) is 3.63. The highest BCUT2D eigenvalue weighted by Gasteiger charge is 2.23. The number of nitrogens with one attached hydrogen (secondary N) is 1. The van der Waals surface area contributed by atoms with E-state index in [1.54, 1.807) is 12.1 Å². The Bertz CT molecular complexity index is 468. The number of carbonyl (C=O) groups excluding carboxylic acids is 1. The first-order valence-electron chi connectivity index (χ1n) is 6.59. The number of likely N-dealkylation sites (N-methyl/N-ethyl adjacent to an activating group) is 1. The van der Waals surface area contributed by atoms with Crippen molar-refractivity contribution in [3.05, 3.63) is 22.2 Å². The van der Waals surface area contributed by atoms with Crippen LogP contribution in [0.2, 0.25) is 10.0 Å². The van der Waals surface area contributed by atoms with Crippen molar-refractivity contribution in [3.63, 3.8) is 0 Å². The Hall–Kier alpha value is -0.970. The number of hydrogen-bond donors (Lipinski definition) is 2. The van der Waals surface area contributed by atoms with Gasteiger partial charge in [0.05, 0.1) is 22.4 Å². The fourth-order valence-electron chi connectivity index (χ4n) is 2.19. The Balaban J connectivity index is 2.91. The van der Waals surface area contributed by atoms with Crippen molar-refractivity contribution in [3.8, 4) is 0 Å². The molecule has 1 atom stereocenters. The monoisotopic (exact) mass is 317 g/mol. The molecule has 0 aliphatic rings. The van der Waals surface area contributed by atoms with Crippen molar-refractivity contribution in [2.24, 2.45) is 0 Å². The smallest absolute Gasteiger partial charge is 0.241 e. The third kappa shape index (κ3) is 4.01. The van der Waals surface area contributed by atoms with E-state index in [9.17, 15) is 4.79 Å². The van der Waals surface area contributed by atoms with Gasteiger partial charge >= 0.3 is 0 Å². The Morgan fingerprint density at radius 1 is 1.35 bits per heavy atom. The molecule has 1 amide bonds. The van der Waals surface area contributed by atoms with Crippen LogP contribution < -0.4 is 11.1 Å². The molecule has 6 heteroatoms. The molecule has 1 rings (SSSR count). The van der Waals surface area contributed by atoms with Gasteiger partial charge in [-0.2, -0.15) is 0 Å². The summed E-state index contributed by atoms with van der Waals surface area (Å²) in [5.74, 6) is -0.142. The fraction of sp³-hybridized carbons (Fsp3) is 0.500. The van der Waals surface area contributed by atoms with Gasteiger partial charge in [-0.25, -0.2) is 0 Å². The standard InChI is InChI=1S/C14H21Cl2N3O/c1-5-19(8(2)3)9(4)14(20)18-13-11(16)6-10(15)7-12(13)17/h6-9H,5,17H2,1-4H3,(H,18,20). The van der Waals surface area contributed by atoms with E-state index in [0.29, 0.717) is 21.4 Å². The molecule has 1 aromatic carbocycles. The summed E-state index contributed by atoms with van der Waals surface area (Å²) in [4.78, 5) is 14.4. The highest BCUT2D eigenvalue weighted by Crippen LogP contribution is 2.32. The summed E-state index contributed by atoms with van der Waals surface area (Å²) in [5.41, 5.74) is 6.61. The highest BCUT2D eigenvalue weighted by atomic mass is 35.5. The van der Waals surface area contributed by atoms with Crippen LogP contribution in [0.25, 0.3) is 0 Å². The van der Waals surface area contributed by atoms with Gasteiger partial charge in [0.1, 0.15) is 0 Å². The number of rotatable bonds is 5. The van der Waals surface area contributed by atoms with E-state index >= 15 is 0 Å². The van der Waals surface area contributed by atoms with Crippen molar-refractivity contribution in [1.29, 1.82) is 0 Å². The van der Waals surface area contributed by atoms with E-state index in [4.69, 9.17) is 28.9 Å². The molecule has 0 saturated heterocycles. The third-order valence-electron chi connectivity index (χ3n) is 3.24. The predicted molar refractivity (Wildman–Crippen MR) is 86.5 cm³/mol. The topological polar surface area (TPSA) is 58.4 Å². The van der Waals surface area contributed by atoms with E-state index in [0.717, 1.165) is 6.54 Å². The second-order valence-corrected chi connectivity index (χ2v) is 5.78. The summed E-state index contributed by atoms with van der Waals surface area (Å²) in [6.07, 6.45) is 0. The summed E-state index contributed by atoms with van der Waals surface area (Å²) in [6, 6.07) is 3.12. The number of nitrogens with two attached hydrogens (primary N) is 1. The van der Waals surface area contributed by atoms with Crippen LogP contribution in [0.15, 0.2) is 12.1 Å². The molecule has 112 valence electrons. The van der Waals surface area contributed by atoms with Crippen molar-refractivity contribution in [1.82, 2.24) is 4.90 Å². The first kappa shape index (κ1) is 17.1. The van der Waals surface area contributed by atoms with Gasteiger partial charge in [-0.05, 0) is 39.4 Å². The van der Waals surface area contributed by atoms with Crippen molar-refractivity contribution in [2.45, 2.75) is 39.8 Å². The largest absolute Gasteiger partial charge is 0.397 e.